The maximum Gasteiger partial charge on any atom is 0.311 e. The van der Waals surface area contributed by atoms with E-state index >= 15 is 0 Å². The molecular weight excluding hydrogens is 354 g/mol. The summed E-state index contributed by atoms with van der Waals surface area (Å²) < 4.78 is 10.3. The molecule has 2 aromatic carbocycles. The van der Waals surface area contributed by atoms with E-state index in [1.165, 1.54) is 30.3 Å². The van der Waals surface area contributed by atoms with E-state index in [0.717, 1.165) is 0 Å². The molecule has 1 amide bonds. The van der Waals surface area contributed by atoms with Gasteiger partial charge in [-0.2, -0.15) is 0 Å². The summed E-state index contributed by atoms with van der Waals surface area (Å²) in [5, 5.41) is 27.7. The van der Waals surface area contributed by atoms with Gasteiger partial charge in [-0.15, -0.1) is 10.2 Å². The highest BCUT2D eigenvalue weighted by Gasteiger charge is 2.13. The van der Waals surface area contributed by atoms with Gasteiger partial charge in [0.2, 0.25) is 0 Å². The number of furan rings is 1. The van der Waals surface area contributed by atoms with Crippen LogP contribution in [-0.2, 0) is 0 Å². The number of aromatic hydroxyl groups is 1. The number of rotatable bonds is 5. The maximum absolute atomic E-state index is 12.0. The topological polar surface area (TPSA) is 128 Å². The van der Waals surface area contributed by atoms with Crippen LogP contribution in [0.25, 0.3) is 11.3 Å². The molecular formula is C18H13N3O6. The molecule has 0 spiro atoms. The number of hydrogen-bond acceptors (Lipinski definition) is 7. The second kappa shape index (κ2) is 7.48. The number of methoxy groups -OCH3 is 1. The van der Waals surface area contributed by atoms with E-state index in [1.807, 2.05) is 0 Å². The third-order valence-electron chi connectivity index (χ3n) is 3.64. The van der Waals surface area contributed by atoms with Gasteiger partial charge in [0.15, 0.2) is 5.69 Å². The van der Waals surface area contributed by atoms with Crippen molar-refractivity contribution >= 4 is 17.3 Å². The fourth-order valence-corrected chi connectivity index (χ4v) is 2.22. The van der Waals surface area contributed by atoms with Crippen molar-refractivity contribution in [3.8, 4) is 23.0 Å². The number of nitro groups is 1. The van der Waals surface area contributed by atoms with Crippen molar-refractivity contribution in [2.75, 3.05) is 7.11 Å². The molecule has 9 nitrogen and oxygen atoms in total. The second-order valence-electron chi connectivity index (χ2n) is 5.34. The molecule has 27 heavy (non-hydrogen) atoms. The van der Waals surface area contributed by atoms with Gasteiger partial charge in [-0.3, -0.25) is 14.9 Å². The minimum absolute atomic E-state index is 0.0175. The summed E-state index contributed by atoms with van der Waals surface area (Å²) in [6.07, 6.45) is 0. The van der Waals surface area contributed by atoms with Crippen LogP contribution in [0.5, 0.6) is 11.7 Å². The van der Waals surface area contributed by atoms with Crippen LogP contribution in [0.4, 0.5) is 11.4 Å². The van der Waals surface area contributed by atoms with Crippen molar-refractivity contribution in [2.45, 2.75) is 0 Å². The van der Waals surface area contributed by atoms with Crippen LogP contribution < -0.4 is 4.74 Å². The van der Waals surface area contributed by atoms with E-state index < -0.39 is 16.8 Å². The molecule has 0 unspecified atom stereocenters. The van der Waals surface area contributed by atoms with E-state index in [0.29, 0.717) is 17.1 Å². The molecule has 9 heteroatoms. The predicted molar refractivity (Wildman–Crippen MR) is 94.3 cm³/mol. The monoisotopic (exact) mass is 367 g/mol. The maximum atomic E-state index is 12.0. The molecule has 136 valence electrons. The molecule has 0 saturated carbocycles. The quantitative estimate of drug-likeness (QED) is 0.402. The molecule has 0 atom stereocenters. The van der Waals surface area contributed by atoms with Gasteiger partial charge < -0.3 is 14.3 Å². The van der Waals surface area contributed by atoms with Crippen LogP contribution in [-0.4, -0.2) is 23.0 Å². The molecule has 0 aliphatic carbocycles. The molecule has 0 fully saturated rings. The number of non-ortho nitro benzene ring substituents is 1. The number of carbonyl (C=O) groups excluding carboxylic acids is 1. The van der Waals surface area contributed by atoms with Crippen LogP contribution >= 0.6 is 0 Å². The fraction of sp³-hybridized carbons (Fsp3) is 0.0556. The van der Waals surface area contributed by atoms with Crippen molar-refractivity contribution in [1.82, 2.24) is 0 Å². The summed E-state index contributed by atoms with van der Waals surface area (Å²) in [7, 11) is 1.55. The number of benzene rings is 2. The number of carbonyl (C=O) groups is 1. The summed E-state index contributed by atoms with van der Waals surface area (Å²) in [6.45, 7) is 0. The minimum Gasteiger partial charge on any atom is -0.497 e. The van der Waals surface area contributed by atoms with Crippen molar-refractivity contribution in [3.63, 3.8) is 0 Å². The average Bonchev–Trinajstić information content (AvgIpc) is 3.07. The molecule has 3 rings (SSSR count). The van der Waals surface area contributed by atoms with Gasteiger partial charge in [-0.25, -0.2) is 0 Å². The number of hydrogen-bond donors (Lipinski definition) is 1. The predicted octanol–water partition coefficient (Wildman–Crippen LogP) is 4.49. The Bertz CT molecular complexity index is 1010. The van der Waals surface area contributed by atoms with Gasteiger partial charge in [-0.05, 0) is 36.4 Å². The van der Waals surface area contributed by atoms with Crippen molar-refractivity contribution in [2.24, 2.45) is 10.2 Å². The number of nitrogens with zero attached hydrogens (tertiary/aromatic N) is 3. The van der Waals surface area contributed by atoms with Crippen LogP contribution in [0.1, 0.15) is 10.4 Å². The first-order chi connectivity index (χ1) is 13.0. The summed E-state index contributed by atoms with van der Waals surface area (Å²) >= 11 is 0. The zero-order chi connectivity index (χ0) is 19.4. The summed E-state index contributed by atoms with van der Waals surface area (Å²) in [4.78, 5) is 22.1. The Balaban J connectivity index is 1.77. The minimum atomic E-state index is -0.712. The van der Waals surface area contributed by atoms with E-state index in [9.17, 15) is 20.0 Å². The molecule has 1 heterocycles. The van der Waals surface area contributed by atoms with Crippen LogP contribution in [0.3, 0.4) is 0 Å². The zero-order valence-corrected chi connectivity index (χ0v) is 14.0. The molecule has 0 aliphatic heterocycles. The Labute approximate surface area is 152 Å². The molecule has 1 N–H and O–H groups in total. The first kappa shape index (κ1) is 17.8. The van der Waals surface area contributed by atoms with Crippen molar-refractivity contribution < 1.29 is 24.0 Å². The summed E-state index contributed by atoms with van der Waals surface area (Å²) in [5.74, 6) is -0.187. The van der Waals surface area contributed by atoms with Gasteiger partial charge >= 0.3 is 5.95 Å². The normalized spacial score (nSPS) is 10.9. The Hall–Kier alpha value is -4.01. The van der Waals surface area contributed by atoms with Gasteiger partial charge in [-0.1, -0.05) is 0 Å². The SMILES string of the molecule is COc1ccc(-c2cc(N=NC(=O)c3ccc([N+](=O)[O-])cc3)c(O)o2)cc1. The number of amides is 1. The standard InChI is InChI=1S/C18H13N3O6/c1-26-14-8-4-11(5-9-14)16-10-15(18(23)27-16)19-20-17(22)12-2-6-13(7-3-12)21(24)25/h2-10,23H,1H3. The number of ether oxygens (including phenoxy) is 1. The lowest BCUT2D eigenvalue weighted by atomic mass is 10.1. The third kappa shape index (κ3) is 3.98. The van der Waals surface area contributed by atoms with Crippen LogP contribution in [0.15, 0.2) is 69.2 Å². The van der Waals surface area contributed by atoms with Gasteiger partial charge in [0.25, 0.3) is 11.6 Å². The summed E-state index contributed by atoms with van der Waals surface area (Å²) in [5.41, 5.74) is 0.646. The lowest BCUT2D eigenvalue weighted by molar-refractivity contribution is -0.384. The molecule has 0 aliphatic rings. The third-order valence-corrected chi connectivity index (χ3v) is 3.64. The van der Waals surface area contributed by atoms with E-state index in [2.05, 4.69) is 10.2 Å². The second-order valence-corrected chi connectivity index (χ2v) is 5.34. The smallest absolute Gasteiger partial charge is 0.311 e. The van der Waals surface area contributed by atoms with Gasteiger partial charge in [0.1, 0.15) is 11.5 Å². The van der Waals surface area contributed by atoms with Gasteiger partial charge in [0.05, 0.1) is 12.0 Å². The van der Waals surface area contributed by atoms with Gasteiger partial charge in [0, 0.05) is 29.3 Å². The fourth-order valence-electron chi connectivity index (χ4n) is 2.22. The molecule has 0 saturated heterocycles. The number of azo groups is 1. The number of nitro benzene ring substituents is 1. The lowest BCUT2D eigenvalue weighted by Gasteiger charge is -1.99. The first-order valence-electron chi connectivity index (χ1n) is 7.65. The highest BCUT2D eigenvalue weighted by molar-refractivity contribution is 5.94. The Morgan fingerprint density at radius 3 is 2.41 bits per heavy atom. The summed E-state index contributed by atoms with van der Waals surface area (Å²) in [6, 6.07) is 13.3. The van der Waals surface area contributed by atoms with Crippen LogP contribution in [0.2, 0.25) is 0 Å². The molecule has 1 aromatic heterocycles. The average molecular weight is 367 g/mol. The van der Waals surface area contributed by atoms with E-state index in [1.54, 1.807) is 31.4 Å². The lowest BCUT2D eigenvalue weighted by Crippen LogP contribution is -1.94. The van der Waals surface area contributed by atoms with E-state index in [-0.39, 0.29) is 16.9 Å². The molecule has 3 aromatic rings. The largest absolute Gasteiger partial charge is 0.497 e. The first-order valence-corrected chi connectivity index (χ1v) is 7.65. The highest BCUT2D eigenvalue weighted by Crippen LogP contribution is 2.36. The molecule has 0 bridgehead atoms. The Kier molecular flexibility index (Phi) is 4.93. The molecule has 0 radical (unpaired) electrons. The zero-order valence-electron chi connectivity index (χ0n) is 14.0. The van der Waals surface area contributed by atoms with Crippen molar-refractivity contribution in [1.29, 1.82) is 0 Å². The Morgan fingerprint density at radius 2 is 1.81 bits per heavy atom. The highest BCUT2D eigenvalue weighted by atomic mass is 16.6. The van der Waals surface area contributed by atoms with Crippen LogP contribution in [0, 0.1) is 10.1 Å². The van der Waals surface area contributed by atoms with E-state index in [4.69, 9.17) is 9.15 Å². The Morgan fingerprint density at radius 1 is 1.15 bits per heavy atom. The van der Waals surface area contributed by atoms with Crippen molar-refractivity contribution in [3.05, 3.63) is 70.3 Å².